The Bertz CT molecular complexity index is 615. The number of carbonyl (C=O) groups excluding carboxylic acids is 1. The minimum atomic E-state index is -3.55. The van der Waals surface area contributed by atoms with Crippen molar-refractivity contribution in [3.63, 3.8) is 0 Å². The summed E-state index contributed by atoms with van der Waals surface area (Å²) in [5.41, 5.74) is 6.52. The van der Waals surface area contributed by atoms with Crippen molar-refractivity contribution < 1.29 is 13.2 Å². The predicted octanol–water partition coefficient (Wildman–Crippen LogP) is 1.05. The average molecular weight is 328 g/mol. The van der Waals surface area contributed by atoms with Crippen LogP contribution in [0.5, 0.6) is 0 Å². The molecule has 1 aromatic rings. The Morgan fingerprint density at radius 2 is 1.95 bits per heavy atom. The van der Waals surface area contributed by atoms with Crippen LogP contribution in [-0.2, 0) is 14.8 Å². The first-order valence-electron chi connectivity index (χ1n) is 7.13. The Kier molecular flexibility index (Phi) is 6.79. The zero-order valence-electron chi connectivity index (χ0n) is 13.2. The minimum Gasteiger partial charge on any atom is -0.384 e. The summed E-state index contributed by atoms with van der Waals surface area (Å²) in [5.74, 6) is -0.191. The van der Waals surface area contributed by atoms with Gasteiger partial charge in [-0.3, -0.25) is 4.79 Å². The van der Waals surface area contributed by atoms with E-state index in [1.165, 1.54) is 26.2 Å². The van der Waals surface area contributed by atoms with Crippen LogP contribution in [0, 0.1) is 0 Å². The number of sulfonamides is 1. The highest BCUT2D eigenvalue weighted by molar-refractivity contribution is 7.89. The number of rotatable bonds is 8. The third-order valence-corrected chi connectivity index (χ3v) is 4.83. The van der Waals surface area contributed by atoms with Crippen LogP contribution in [-0.4, -0.2) is 45.8 Å². The van der Waals surface area contributed by atoms with Crippen molar-refractivity contribution in [2.24, 2.45) is 5.73 Å². The lowest BCUT2D eigenvalue weighted by Gasteiger charge is -2.16. The lowest BCUT2D eigenvalue weighted by atomic mass is 10.2. The fourth-order valence-corrected chi connectivity index (χ4v) is 2.75. The minimum absolute atomic E-state index is 0.133. The Balaban J connectivity index is 3.13. The van der Waals surface area contributed by atoms with Crippen LogP contribution >= 0.6 is 0 Å². The van der Waals surface area contributed by atoms with E-state index in [0.29, 0.717) is 37.3 Å². The molecule has 1 aromatic carbocycles. The molecule has 0 atom stereocenters. The zero-order chi connectivity index (χ0) is 16.8. The molecular weight excluding hydrogens is 304 g/mol. The zero-order valence-corrected chi connectivity index (χ0v) is 14.0. The standard InChI is InChI=1S/C14H24N4O3S/c1-4-16-12-8-7-11(22(20,21)18(2)3)10-13(12)17-14(19)6-5-9-15/h7-8,10,16H,4-6,9,15H2,1-3H3,(H,17,19). The van der Waals surface area contributed by atoms with E-state index in [1.807, 2.05) is 6.92 Å². The Morgan fingerprint density at radius 3 is 2.50 bits per heavy atom. The molecule has 0 bridgehead atoms. The summed E-state index contributed by atoms with van der Waals surface area (Å²) in [6.45, 7) is 3.01. The first-order chi connectivity index (χ1) is 10.3. The van der Waals surface area contributed by atoms with Gasteiger partial charge in [0.2, 0.25) is 15.9 Å². The van der Waals surface area contributed by atoms with Crippen molar-refractivity contribution >= 4 is 27.3 Å². The topological polar surface area (TPSA) is 105 Å². The van der Waals surface area contributed by atoms with Crippen molar-refractivity contribution in [2.45, 2.75) is 24.7 Å². The summed E-state index contributed by atoms with van der Waals surface area (Å²) >= 11 is 0. The molecule has 22 heavy (non-hydrogen) atoms. The van der Waals surface area contributed by atoms with E-state index in [9.17, 15) is 13.2 Å². The summed E-state index contributed by atoms with van der Waals surface area (Å²) < 4.78 is 25.5. The second-order valence-corrected chi connectivity index (χ2v) is 7.12. The molecular formula is C14H24N4O3S. The number of nitrogens with one attached hydrogen (secondary N) is 2. The SMILES string of the molecule is CCNc1ccc(S(=O)(=O)N(C)C)cc1NC(=O)CCCN. The largest absolute Gasteiger partial charge is 0.384 e. The van der Waals surface area contributed by atoms with Gasteiger partial charge < -0.3 is 16.4 Å². The predicted molar refractivity (Wildman–Crippen MR) is 88.4 cm³/mol. The van der Waals surface area contributed by atoms with Gasteiger partial charge in [-0.25, -0.2) is 12.7 Å². The van der Waals surface area contributed by atoms with Crippen LogP contribution in [0.1, 0.15) is 19.8 Å². The van der Waals surface area contributed by atoms with Crippen molar-refractivity contribution in [2.75, 3.05) is 37.8 Å². The molecule has 0 spiro atoms. The fraction of sp³-hybridized carbons (Fsp3) is 0.500. The van der Waals surface area contributed by atoms with E-state index in [1.54, 1.807) is 6.07 Å². The van der Waals surface area contributed by atoms with Crippen molar-refractivity contribution in [1.29, 1.82) is 0 Å². The third-order valence-electron chi connectivity index (χ3n) is 3.02. The molecule has 124 valence electrons. The number of hydrogen-bond donors (Lipinski definition) is 3. The van der Waals surface area contributed by atoms with Gasteiger partial charge in [0, 0.05) is 27.1 Å². The van der Waals surface area contributed by atoms with Gasteiger partial charge >= 0.3 is 0 Å². The molecule has 1 amide bonds. The molecule has 0 heterocycles. The summed E-state index contributed by atoms with van der Waals surface area (Å²) in [4.78, 5) is 12.0. The third kappa shape index (κ3) is 4.69. The molecule has 0 aromatic heterocycles. The maximum absolute atomic E-state index is 12.2. The van der Waals surface area contributed by atoms with E-state index < -0.39 is 10.0 Å². The van der Waals surface area contributed by atoms with E-state index in [-0.39, 0.29) is 10.8 Å². The molecule has 0 aliphatic rings. The lowest BCUT2D eigenvalue weighted by molar-refractivity contribution is -0.116. The maximum atomic E-state index is 12.2. The first kappa shape index (κ1) is 18.4. The number of benzene rings is 1. The van der Waals surface area contributed by atoms with Crippen LogP contribution in [0.4, 0.5) is 11.4 Å². The second-order valence-electron chi connectivity index (χ2n) is 4.97. The Labute approximate surface area is 131 Å². The molecule has 7 nitrogen and oxygen atoms in total. The van der Waals surface area contributed by atoms with E-state index in [2.05, 4.69) is 10.6 Å². The number of carbonyl (C=O) groups is 1. The molecule has 0 saturated heterocycles. The van der Waals surface area contributed by atoms with E-state index in [4.69, 9.17) is 5.73 Å². The summed E-state index contributed by atoms with van der Waals surface area (Å²) in [5, 5.41) is 5.84. The molecule has 0 radical (unpaired) electrons. The molecule has 4 N–H and O–H groups in total. The number of hydrogen-bond acceptors (Lipinski definition) is 5. The summed E-state index contributed by atoms with van der Waals surface area (Å²) in [6.07, 6.45) is 0.880. The van der Waals surface area contributed by atoms with Crippen LogP contribution < -0.4 is 16.4 Å². The number of nitrogens with zero attached hydrogens (tertiary/aromatic N) is 1. The van der Waals surface area contributed by atoms with Crippen molar-refractivity contribution in [3.05, 3.63) is 18.2 Å². The molecule has 0 aliphatic carbocycles. The van der Waals surface area contributed by atoms with Crippen LogP contribution in [0.15, 0.2) is 23.1 Å². The fourth-order valence-electron chi connectivity index (χ4n) is 1.82. The number of amides is 1. The second kappa shape index (κ2) is 8.11. The van der Waals surface area contributed by atoms with Crippen molar-refractivity contribution in [1.82, 2.24) is 4.31 Å². The lowest BCUT2D eigenvalue weighted by Crippen LogP contribution is -2.22. The molecule has 8 heteroatoms. The number of nitrogens with two attached hydrogens (primary N) is 1. The highest BCUT2D eigenvalue weighted by Gasteiger charge is 2.19. The number of anilines is 2. The maximum Gasteiger partial charge on any atom is 0.242 e. The molecule has 0 aliphatic heterocycles. The van der Waals surface area contributed by atoms with Gasteiger partial charge in [0.05, 0.1) is 16.3 Å². The molecule has 1 rings (SSSR count). The van der Waals surface area contributed by atoms with Crippen LogP contribution in [0.3, 0.4) is 0 Å². The Morgan fingerprint density at radius 1 is 1.27 bits per heavy atom. The highest BCUT2D eigenvalue weighted by Crippen LogP contribution is 2.26. The smallest absolute Gasteiger partial charge is 0.242 e. The Hall–Kier alpha value is -1.64. The molecule has 0 unspecified atom stereocenters. The van der Waals surface area contributed by atoms with Gasteiger partial charge in [0.25, 0.3) is 0 Å². The van der Waals surface area contributed by atoms with Gasteiger partial charge in [0.15, 0.2) is 0 Å². The first-order valence-corrected chi connectivity index (χ1v) is 8.57. The van der Waals surface area contributed by atoms with E-state index in [0.717, 1.165) is 4.31 Å². The normalized spacial score (nSPS) is 11.5. The van der Waals surface area contributed by atoms with Gasteiger partial charge in [-0.15, -0.1) is 0 Å². The van der Waals surface area contributed by atoms with Gasteiger partial charge in [0.1, 0.15) is 0 Å². The quantitative estimate of drug-likeness (QED) is 0.661. The molecule has 0 fully saturated rings. The summed E-state index contributed by atoms with van der Waals surface area (Å²) in [7, 11) is -0.619. The summed E-state index contributed by atoms with van der Waals surface area (Å²) in [6, 6.07) is 4.63. The van der Waals surface area contributed by atoms with Crippen LogP contribution in [0.25, 0.3) is 0 Å². The van der Waals surface area contributed by atoms with Gasteiger partial charge in [-0.2, -0.15) is 0 Å². The van der Waals surface area contributed by atoms with Gasteiger partial charge in [-0.05, 0) is 38.1 Å². The van der Waals surface area contributed by atoms with Crippen LogP contribution in [0.2, 0.25) is 0 Å². The van der Waals surface area contributed by atoms with Gasteiger partial charge in [-0.1, -0.05) is 0 Å². The highest BCUT2D eigenvalue weighted by atomic mass is 32.2. The molecule has 0 saturated carbocycles. The van der Waals surface area contributed by atoms with E-state index >= 15 is 0 Å². The van der Waals surface area contributed by atoms with Crippen molar-refractivity contribution in [3.8, 4) is 0 Å². The average Bonchev–Trinajstić information content (AvgIpc) is 2.46. The monoisotopic (exact) mass is 328 g/mol.